The van der Waals surface area contributed by atoms with Crippen molar-refractivity contribution in [2.75, 3.05) is 11.9 Å². The number of benzene rings is 2. The monoisotopic (exact) mass is 322 g/mol. The fourth-order valence-corrected chi connectivity index (χ4v) is 2.24. The summed E-state index contributed by atoms with van der Waals surface area (Å²) in [5.41, 5.74) is 1.74. The zero-order valence-electron chi connectivity index (χ0n) is 11.4. The highest BCUT2D eigenvalue weighted by Gasteiger charge is 2.04. The van der Waals surface area contributed by atoms with Crippen LogP contribution in [0.1, 0.15) is 12.0 Å². The first-order chi connectivity index (χ1) is 10.2. The van der Waals surface area contributed by atoms with E-state index in [1.54, 1.807) is 6.07 Å². The van der Waals surface area contributed by atoms with Crippen molar-refractivity contribution in [1.29, 1.82) is 0 Å². The number of carbonyl (C=O) groups excluding carboxylic acids is 1. The van der Waals surface area contributed by atoms with Gasteiger partial charge in [0.25, 0.3) is 0 Å². The van der Waals surface area contributed by atoms with E-state index in [0.717, 1.165) is 11.3 Å². The number of anilines is 1. The maximum Gasteiger partial charge on any atom is 0.222 e. The van der Waals surface area contributed by atoms with Crippen molar-refractivity contribution in [2.45, 2.75) is 13.0 Å². The second-order valence-electron chi connectivity index (χ2n) is 4.52. The summed E-state index contributed by atoms with van der Waals surface area (Å²) in [6.07, 6.45) is 0.371. The molecule has 0 radical (unpaired) electrons. The van der Waals surface area contributed by atoms with Crippen LogP contribution in [0.4, 0.5) is 5.69 Å². The average Bonchev–Trinajstić information content (AvgIpc) is 2.48. The van der Waals surface area contributed by atoms with E-state index in [-0.39, 0.29) is 5.91 Å². The normalized spacial score (nSPS) is 10.2. The zero-order valence-corrected chi connectivity index (χ0v) is 12.9. The van der Waals surface area contributed by atoms with E-state index in [1.165, 1.54) is 0 Å². The molecule has 0 heterocycles. The van der Waals surface area contributed by atoms with Gasteiger partial charge in [0.05, 0.1) is 10.7 Å². The summed E-state index contributed by atoms with van der Waals surface area (Å²) in [5, 5.41) is 7.29. The smallest absolute Gasteiger partial charge is 0.222 e. The maximum absolute atomic E-state index is 11.8. The number of halogens is 2. The van der Waals surface area contributed by atoms with Crippen molar-refractivity contribution in [3.8, 4) is 0 Å². The van der Waals surface area contributed by atoms with Crippen molar-refractivity contribution in [3.05, 3.63) is 64.1 Å². The van der Waals surface area contributed by atoms with Crippen LogP contribution in [0, 0.1) is 0 Å². The third-order valence-corrected chi connectivity index (χ3v) is 3.67. The van der Waals surface area contributed by atoms with Gasteiger partial charge in [-0.15, -0.1) is 0 Å². The highest BCUT2D eigenvalue weighted by Crippen LogP contribution is 2.20. The molecule has 5 heteroatoms. The number of amides is 1. The Morgan fingerprint density at radius 3 is 2.33 bits per heavy atom. The second-order valence-corrected chi connectivity index (χ2v) is 5.34. The van der Waals surface area contributed by atoms with Crippen LogP contribution in [0.25, 0.3) is 0 Å². The zero-order chi connectivity index (χ0) is 15.1. The molecule has 1 amide bonds. The van der Waals surface area contributed by atoms with Gasteiger partial charge < -0.3 is 10.6 Å². The summed E-state index contributed by atoms with van der Waals surface area (Å²) in [7, 11) is 0. The summed E-state index contributed by atoms with van der Waals surface area (Å²) >= 11 is 12.1. The maximum atomic E-state index is 11.8. The van der Waals surface area contributed by atoms with Gasteiger partial charge in [0, 0.05) is 24.5 Å². The molecule has 0 saturated carbocycles. The third-order valence-electron chi connectivity index (χ3n) is 2.98. The minimum Gasteiger partial charge on any atom is -0.383 e. The van der Waals surface area contributed by atoms with Crippen LogP contribution in [0.15, 0.2) is 48.5 Å². The Hall–Kier alpha value is -1.71. The van der Waals surface area contributed by atoms with Crippen LogP contribution < -0.4 is 10.6 Å². The standard InChI is InChI=1S/C16H16Cl2N2O/c17-13-6-2-1-5-12(13)11-20-16(21)9-10-19-15-8-4-3-7-14(15)18/h1-8,19H,9-11H2,(H,20,21). The van der Waals surface area contributed by atoms with Gasteiger partial charge in [-0.1, -0.05) is 53.5 Å². The fraction of sp³-hybridized carbons (Fsp3) is 0.188. The van der Waals surface area contributed by atoms with Crippen LogP contribution in [-0.4, -0.2) is 12.5 Å². The van der Waals surface area contributed by atoms with Crippen LogP contribution in [0.3, 0.4) is 0 Å². The van der Waals surface area contributed by atoms with Crippen LogP contribution in [0.5, 0.6) is 0 Å². The number of hydrogen-bond donors (Lipinski definition) is 2. The summed E-state index contributed by atoms with van der Waals surface area (Å²) < 4.78 is 0. The Kier molecular flexibility index (Phi) is 5.90. The van der Waals surface area contributed by atoms with Gasteiger partial charge in [-0.2, -0.15) is 0 Å². The van der Waals surface area contributed by atoms with E-state index < -0.39 is 0 Å². The predicted octanol–water partition coefficient (Wildman–Crippen LogP) is 4.11. The lowest BCUT2D eigenvalue weighted by atomic mass is 10.2. The van der Waals surface area contributed by atoms with Crippen LogP contribution in [-0.2, 0) is 11.3 Å². The first-order valence-electron chi connectivity index (χ1n) is 6.65. The van der Waals surface area contributed by atoms with Gasteiger partial charge in [0.1, 0.15) is 0 Å². The van der Waals surface area contributed by atoms with E-state index in [1.807, 2.05) is 42.5 Å². The molecular formula is C16H16Cl2N2O. The molecule has 2 rings (SSSR count). The van der Waals surface area contributed by atoms with E-state index in [0.29, 0.717) is 29.6 Å². The summed E-state index contributed by atoms with van der Waals surface area (Å²) in [4.78, 5) is 11.8. The molecule has 0 atom stereocenters. The second kappa shape index (κ2) is 7.91. The van der Waals surface area contributed by atoms with Crippen molar-refractivity contribution >= 4 is 34.8 Å². The van der Waals surface area contributed by atoms with Gasteiger partial charge in [-0.25, -0.2) is 0 Å². The number of rotatable bonds is 6. The molecule has 0 saturated heterocycles. The van der Waals surface area contributed by atoms with Crippen LogP contribution >= 0.6 is 23.2 Å². The highest BCUT2D eigenvalue weighted by atomic mass is 35.5. The van der Waals surface area contributed by atoms with E-state index >= 15 is 0 Å². The number of para-hydroxylation sites is 1. The minimum absolute atomic E-state index is 0.0329. The molecule has 0 aliphatic heterocycles. The van der Waals surface area contributed by atoms with Crippen LogP contribution in [0.2, 0.25) is 10.0 Å². The molecule has 2 aromatic carbocycles. The molecule has 0 spiro atoms. The number of hydrogen-bond acceptors (Lipinski definition) is 2. The molecule has 0 aliphatic carbocycles. The third kappa shape index (κ3) is 4.96. The van der Waals surface area contributed by atoms with Gasteiger partial charge in [-0.3, -0.25) is 4.79 Å². The highest BCUT2D eigenvalue weighted by molar-refractivity contribution is 6.33. The average molecular weight is 323 g/mol. The quantitative estimate of drug-likeness (QED) is 0.840. The molecule has 0 fully saturated rings. The first kappa shape index (κ1) is 15.7. The lowest BCUT2D eigenvalue weighted by Crippen LogP contribution is -2.25. The summed E-state index contributed by atoms with van der Waals surface area (Å²) in [6, 6.07) is 14.9. The molecule has 21 heavy (non-hydrogen) atoms. The van der Waals surface area contributed by atoms with E-state index in [9.17, 15) is 4.79 Å². The van der Waals surface area contributed by atoms with E-state index in [2.05, 4.69) is 10.6 Å². The lowest BCUT2D eigenvalue weighted by Gasteiger charge is -2.09. The lowest BCUT2D eigenvalue weighted by molar-refractivity contribution is -0.121. The molecule has 0 aliphatic rings. The first-order valence-corrected chi connectivity index (χ1v) is 7.41. The Morgan fingerprint density at radius 2 is 1.62 bits per heavy atom. The molecule has 3 nitrogen and oxygen atoms in total. The molecule has 0 unspecified atom stereocenters. The van der Waals surface area contributed by atoms with Gasteiger partial charge >= 0.3 is 0 Å². The van der Waals surface area contributed by atoms with E-state index in [4.69, 9.17) is 23.2 Å². The Morgan fingerprint density at radius 1 is 0.952 bits per heavy atom. The molecule has 2 aromatic rings. The SMILES string of the molecule is O=C(CCNc1ccccc1Cl)NCc1ccccc1Cl. The van der Waals surface area contributed by atoms with Crippen molar-refractivity contribution < 1.29 is 4.79 Å². The van der Waals surface area contributed by atoms with Crippen molar-refractivity contribution in [3.63, 3.8) is 0 Å². The van der Waals surface area contributed by atoms with Gasteiger partial charge in [0.15, 0.2) is 0 Å². The van der Waals surface area contributed by atoms with Gasteiger partial charge in [-0.05, 0) is 23.8 Å². The van der Waals surface area contributed by atoms with Crippen molar-refractivity contribution in [1.82, 2.24) is 5.32 Å². The summed E-state index contributed by atoms with van der Waals surface area (Å²) in [6.45, 7) is 0.961. The Bertz CT molecular complexity index is 617. The molecule has 110 valence electrons. The fourth-order valence-electron chi connectivity index (χ4n) is 1.84. The van der Waals surface area contributed by atoms with Crippen molar-refractivity contribution in [2.24, 2.45) is 0 Å². The Labute approximate surface area is 134 Å². The number of nitrogens with one attached hydrogen (secondary N) is 2. The summed E-state index contributed by atoms with van der Waals surface area (Å²) in [5.74, 6) is -0.0329. The predicted molar refractivity (Wildman–Crippen MR) is 87.9 cm³/mol. The topological polar surface area (TPSA) is 41.1 Å². The molecule has 0 aromatic heterocycles. The van der Waals surface area contributed by atoms with Gasteiger partial charge in [0.2, 0.25) is 5.91 Å². The molecular weight excluding hydrogens is 307 g/mol. The molecule has 0 bridgehead atoms. The molecule has 2 N–H and O–H groups in total. The minimum atomic E-state index is -0.0329. The largest absolute Gasteiger partial charge is 0.383 e. The Balaban J connectivity index is 1.73. The number of carbonyl (C=O) groups is 1.